The Morgan fingerprint density at radius 2 is 1.59 bits per heavy atom. The molecule has 2 amide bonds. The van der Waals surface area contributed by atoms with Crippen molar-refractivity contribution in [3.05, 3.63) is 99.6 Å². The molecule has 1 aliphatic rings. The van der Waals surface area contributed by atoms with Crippen molar-refractivity contribution in [1.29, 1.82) is 0 Å². The summed E-state index contributed by atoms with van der Waals surface area (Å²) in [6, 6.07) is 20.1. The number of hydrogen-bond donors (Lipinski definition) is 1. The van der Waals surface area contributed by atoms with Crippen molar-refractivity contribution in [2.75, 3.05) is 31.3 Å². The molecule has 11 heteroatoms. The molecule has 0 bridgehead atoms. The van der Waals surface area contributed by atoms with Crippen LogP contribution in [0.4, 0.5) is 16.2 Å². The molecule has 4 rings (SSSR count). The van der Waals surface area contributed by atoms with E-state index < -0.39 is 11.1 Å². The molecule has 1 aliphatic heterocycles. The Hall–Kier alpha value is -5.21. The zero-order valence-corrected chi connectivity index (χ0v) is 22.0. The lowest BCUT2D eigenvalue weighted by atomic mass is 10.0. The number of nitrogens with one attached hydrogen (secondary N) is 1. The van der Waals surface area contributed by atoms with Gasteiger partial charge in [0.2, 0.25) is 11.8 Å². The van der Waals surface area contributed by atoms with Gasteiger partial charge >= 0.3 is 6.16 Å². The smallest absolute Gasteiger partial charge is 0.432 e. The van der Waals surface area contributed by atoms with Gasteiger partial charge in [-0.2, -0.15) is 0 Å². The number of hydrogen-bond acceptors (Lipinski definition) is 8. The molecule has 3 aromatic carbocycles. The number of benzene rings is 3. The normalized spacial score (nSPS) is 11.5. The lowest BCUT2D eigenvalue weighted by Crippen LogP contribution is -2.34. The summed E-state index contributed by atoms with van der Waals surface area (Å²) in [6.45, 7) is 0.742. The monoisotopic (exact) mass is 557 g/mol. The van der Waals surface area contributed by atoms with Gasteiger partial charge in [-0.05, 0) is 35.9 Å². The third-order valence-corrected chi connectivity index (χ3v) is 6.00. The number of fused-ring (bicyclic) bond motifs is 2. The van der Waals surface area contributed by atoms with E-state index >= 15 is 0 Å². The van der Waals surface area contributed by atoms with Crippen LogP contribution in [0.1, 0.15) is 29.5 Å². The first kappa shape index (κ1) is 28.8. The number of carbonyl (C=O) groups excluding carboxylic acids is 3. The summed E-state index contributed by atoms with van der Waals surface area (Å²) in [5.74, 6) is 5.97. The molecule has 11 nitrogen and oxygen atoms in total. The second-order valence-electron chi connectivity index (χ2n) is 8.82. The van der Waals surface area contributed by atoms with E-state index in [1.165, 1.54) is 24.3 Å². The van der Waals surface area contributed by atoms with Crippen LogP contribution >= 0.6 is 0 Å². The van der Waals surface area contributed by atoms with Gasteiger partial charge < -0.3 is 24.4 Å². The number of non-ortho nitro benzene ring substituents is 1. The van der Waals surface area contributed by atoms with E-state index in [-0.39, 0.29) is 62.5 Å². The average Bonchev–Trinajstić information content (AvgIpc) is 2.97. The first-order chi connectivity index (χ1) is 19.9. The van der Waals surface area contributed by atoms with Crippen molar-refractivity contribution in [3.8, 4) is 17.6 Å². The van der Waals surface area contributed by atoms with E-state index in [2.05, 4.69) is 17.2 Å². The zero-order chi connectivity index (χ0) is 29.0. The molecular formula is C30H27N3O8. The minimum atomic E-state index is -0.974. The van der Waals surface area contributed by atoms with E-state index in [1.807, 2.05) is 48.5 Å². The van der Waals surface area contributed by atoms with Crippen LogP contribution in [0.25, 0.3) is 0 Å². The third-order valence-electron chi connectivity index (χ3n) is 6.00. The van der Waals surface area contributed by atoms with Crippen LogP contribution in [0.2, 0.25) is 0 Å². The van der Waals surface area contributed by atoms with Gasteiger partial charge in [-0.3, -0.25) is 19.7 Å². The van der Waals surface area contributed by atoms with Gasteiger partial charge in [0, 0.05) is 42.6 Å². The number of para-hydroxylation sites is 1. The second-order valence-corrected chi connectivity index (χ2v) is 8.82. The van der Waals surface area contributed by atoms with Crippen LogP contribution in [0, 0.1) is 22.0 Å². The van der Waals surface area contributed by atoms with E-state index in [4.69, 9.17) is 14.2 Å². The van der Waals surface area contributed by atoms with Crippen LogP contribution < -0.4 is 15.0 Å². The number of anilines is 1. The molecule has 0 aromatic heterocycles. The topological polar surface area (TPSA) is 137 Å². The molecule has 0 aliphatic carbocycles. The number of nitro groups is 1. The molecule has 0 saturated heterocycles. The first-order valence-corrected chi connectivity index (χ1v) is 12.8. The van der Waals surface area contributed by atoms with Crippen molar-refractivity contribution in [3.63, 3.8) is 0 Å². The summed E-state index contributed by atoms with van der Waals surface area (Å²) in [5, 5.41) is 13.4. The molecule has 0 fully saturated rings. The summed E-state index contributed by atoms with van der Waals surface area (Å²) in [7, 11) is 0. The van der Waals surface area contributed by atoms with Gasteiger partial charge in [0.05, 0.1) is 30.4 Å². The highest BCUT2D eigenvalue weighted by Gasteiger charge is 2.21. The number of ether oxygens (including phenoxy) is 3. The highest BCUT2D eigenvalue weighted by molar-refractivity contribution is 5.96. The maximum atomic E-state index is 13.2. The predicted molar refractivity (Wildman–Crippen MR) is 148 cm³/mol. The molecule has 1 N–H and O–H groups in total. The van der Waals surface area contributed by atoms with Crippen molar-refractivity contribution < 1.29 is 33.5 Å². The molecule has 0 saturated carbocycles. The van der Waals surface area contributed by atoms with Gasteiger partial charge in [-0.25, -0.2) is 4.79 Å². The molecule has 3 aromatic rings. The van der Waals surface area contributed by atoms with Crippen LogP contribution in [0.3, 0.4) is 0 Å². The van der Waals surface area contributed by atoms with Gasteiger partial charge in [-0.15, -0.1) is 0 Å². The molecule has 0 atom stereocenters. The zero-order valence-electron chi connectivity index (χ0n) is 22.0. The Kier molecular flexibility index (Phi) is 10.0. The van der Waals surface area contributed by atoms with E-state index in [1.54, 1.807) is 4.90 Å². The quantitative estimate of drug-likeness (QED) is 0.0934. The largest absolute Gasteiger partial charge is 0.513 e. The number of nitro benzene ring substituents is 1. The Morgan fingerprint density at radius 3 is 2.37 bits per heavy atom. The van der Waals surface area contributed by atoms with Crippen LogP contribution in [0.5, 0.6) is 5.75 Å². The Bertz CT molecular complexity index is 1480. The SMILES string of the molecule is O=C(CCC(=O)N1Cc2ccccc2C#Cc2ccccc21)NCCOCCOC(=O)Oc1ccc([N+](=O)[O-])cc1. The number of carbonyl (C=O) groups is 3. The van der Waals surface area contributed by atoms with Gasteiger partial charge in [0.15, 0.2) is 0 Å². The van der Waals surface area contributed by atoms with E-state index in [0.29, 0.717) is 12.2 Å². The lowest BCUT2D eigenvalue weighted by molar-refractivity contribution is -0.384. The fourth-order valence-corrected chi connectivity index (χ4v) is 3.96. The van der Waals surface area contributed by atoms with E-state index in [9.17, 15) is 24.5 Å². The number of amides is 2. The second kappa shape index (κ2) is 14.3. The van der Waals surface area contributed by atoms with Crippen LogP contribution in [-0.4, -0.2) is 49.3 Å². The van der Waals surface area contributed by atoms with Crippen molar-refractivity contribution in [2.45, 2.75) is 19.4 Å². The molecule has 0 radical (unpaired) electrons. The average molecular weight is 558 g/mol. The van der Waals surface area contributed by atoms with E-state index in [0.717, 1.165) is 16.7 Å². The fraction of sp³-hybridized carbons (Fsp3) is 0.233. The summed E-state index contributed by atoms with van der Waals surface area (Å²) in [6.07, 6.45) is -0.928. The first-order valence-electron chi connectivity index (χ1n) is 12.8. The minimum Gasteiger partial charge on any atom is -0.432 e. The molecule has 1 heterocycles. The molecule has 0 spiro atoms. The fourth-order valence-electron chi connectivity index (χ4n) is 3.96. The molecule has 41 heavy (non-hydrogen) atoms. The Balaban J connectivity index is 1.14. The maximum Gasteiger partial charge on any atom is 0.513 e. The summed E-state index contributed by atoms with van der Waals surface area (Å²) >= 11 is 0. The maximum absolute atomic E-state index is 13.2. The summed E-state index contributed by atoms with van der Waals surface area (Å²) in [5.41, 5.74) is 3.14. The van der Waals surface area contributed by atoms with Gasteiger partial charge in [0.1, 0.15) is 12.4 Å². The minimum absolute atomic E-state index is 0.0163. The van der Waals surface area contributed by atoms with Gasteiger partial charge in [-0.1, -0.05) is 42.2 Å². The van der Waals surface area contributed by atoms with Crippen molar-refractivity contribution in [2.24, 2.45) is 0 Å². The molecular weight excluding hydrogens is 530 g/mol. The standard InChI is InChI=1S/C30H27N3O8/c34-28(31-17-18-39-19-20-40-30(36)41-26-13-11-25(12-14-26)33(37)38)15-16-29(35)32-21-24-7-2-1-5-22(24)9-10-23-6-3-4-8-27(23)32/h1-8,11-14H,15-21H2,(H,31,34). The van der Waals surface area contributed by atoms with Crippen molar-refractivity contribution in [1.82, 2.24) is 5.32 Å². The highest BCUT2D eigenvalue weighted by atomic mass is 16.7. The third kappa shape index (κ3) is 8.39. The van der Waals surface area contributed by atoms with Crippen LogP contribution in [-0.2, 0) is 25.6 Å². The number of nitrogens with zero attached hydrogens (tertiary/aromatic N) is 2. The van der Waals surface area contributed by atoms with Crippen LogP contribution in [0.15, 0.2) is 72.8 Å². The molecule has 210 valence electrons. The Morgan fingerprint density at radius 1 is 0.878 bits per heavy atom. The lowest BCUT2D eigenvalue weighted by Gasteiger charge is -2.26. The number of rotatable bonds is 11. The highest BCUT2D eigenvalue weighted by Crippen LogP contribution is 2.26. The Labute approximate surface area is 236 Å². The predicted octanol–water partition coefficient (Wildman–Crippen LogP) is 3.97. The summed E-state index contributed by atoms with van der Waals surface area (Å²) in [4.78, 5) is 49.0. The van der Waals surface area contributed by atoms with Gasteiger partial charge in [0.25, 0.3) is 5.69 Å². The molecule has 0 unspecified atom stereocenters. The summed E-state index contributed by atoms with van der Waals surface area (Å²) < 4.78 is 15.1. The van der Waals surface area contributed by atoms with Crippen molar-refractivity contribution >= 4 is 29.3 Å².